The monoisotopic (exact) mass is 471 g/mol. The summed E-state index contributed by atoms with van der Waals surface area (Å²) in [5.74, 6) is 0.287. The Morgan fingerprint density at radius 2 is 2.00 bits per heavy atom. The average molecular weight is 472 g/mol. The van der Waals surface area contributed by atoms with Crippen molar-refractivity contribution in [2.24, 2.45) is 5.41 Å². The molecule has 172 valence electrons. The van der Waals surface area contributed by atoms with Gasteiger partial charge < -0.3 is 24.6 Å². The van der Waals surface area contributed by atoms with Crippen molar-refractivity contribution >= 4 is 35.5 Å². The molecule has 2 aromatic rings. The quantitative estimate of drug-likeness (QED) is 0.628. The molecule has 4 heterocycles. The first kappa shape index (κ1) is 23.0. The Hall–Kier alpha value is -1.20. The minimum absolute atomic E-state index is 0.0960. The van der Waals surface area contributed by atoms with Crippen LogP contribution < -0.4 is 5.73 Å². The number of hydrogen-bond acceptors (Lipinski definition) is 9. The Morgan fingerprint density at radius 1 is 1.29 bits per heavy atom. The Balaban J connectivity index is 1.72. The van der Waals surface area contributed by atoms with E-state index in [4.69, 9.17) is 36.1 Å². The zero-order valence-electron chi connectivity index (χ0n) is 18.6. The molecule has 0 saturated carbocycles. The standard InChI is InChI=1S/C19H30N5O5PS/c1-17(2,3)7-19-8-26-12(13(19)28-30(25,31)29-18(4,5)6)16(27-19)24-10-23-11-14(20)21-9-22-15(11)24/h9-10,12-13,16H,7-8H2,1-6H3,(H,25,31)(H2,20,21,22)/t12?,13-,16-,19+,30?/m1/s1. The van der Waals surface area contributed by atoms with E-state index in [1.807, 2.05) is 20.8 Å². The number of ether oxygens (including phenoxy) is 2. The molecule has 2 fully saturated rings. The van der Waals surface area contributed by atoms with E-state index >= 15 is 0 Å². The van der Waals surface area contributed by atoms with Gasteiger partial charge in [0.15, 0.2) is 17.7 Å². The smallest absolute Gasteiger partial charge is 0.325 e. The lowest BCUT2D eigenvalue weighted by Gasteiger charge is -2.37. The fourth-order valence-electron chi connectivity index (χ4n) is 4.38. The lowest BCUT2D eigenvalue weighted by Crippen LogP contribution is -2.44. The van der Waals surface area contributed by atoms with Crippen LogP contribution in [-0.2, 0) is 30.3 Å². The van der Waals surface area contributed by atoms with E-state index in [2.05, 4.69) is 35.7 Å². The summed E-state index contributed by atoms with van der Waals surface area (Å²) in [6, 6.07) is 0. The lowest BCUT2D eigenvalue weighted by atomic mass is 9.80. The average Bonchev–Trinajstić information content (AvgIpc) is 3.21. The number of fused-ring (bicyclic) bond motifs is 3. The Bertz CT molecular complexity index is 1030. The predicted octanol–water partition coefficient (Wildman–Crippen LogP) is 2.93. The van der Waals surface area contributed by atoms with Crippen molar-refractivity contribution in [1.29, 1.82) is 0 Å². The number of imidazole rings is 1. The van der Waals surface area contributed by atoms with E-state index in [0.29, 0.717) is 24.2 Å². The van der Waals surface area contributed by atoms with Crippen LogP contribution in [0.15, 0.2) is 12.7 Å². The van der Waals surface area contributed by atoms with Crippen LogP contribution in [0.25, 0.3) is 11.2 Å². The van der Waals surface area contributed by atoms with Gasteiger partial charge in [-0.05, 0) is 44.4 Å². The van der Waals surface area contributed by atoms with Gasteiger partial charge >= 0.3 is 6.72 Å². The Kier molecular flexibility index (Phi) is 5.49. The van der Waals surface area contributed by atoms with Gasteiger partial charge in [-0.1, -0.05) is 20.8 Å². The van der Waals surface area contributed by atoms with Gasteiger partial charge in [0.1, 0.15) is 29.7 Å². The summed E-state index contributed by atoms with van der Waals surface area (Å²) in [6.07, 6.45) is 1.89. The van der Waals surface area contributed by atoms with Crippen molar-refractivity contribution in [1.82, 2.24) is 19.5 Å². The highest BCUT2D eigenvalue weighted by molar-refractivity contribution is 8.07. The van der Waals surface area contributed by atoms with Crippen molar-refractivity contribution in [2.45, 2.75) is 77.6 Å². The first-order valence-corrected chi connectivity index (χ1v) is 12.7. The second-order valence-electron chi connectivity index (χ2n) is 10.4. The second kappa shape index (κ2) is 7.41. The number of hydrogen-bond donors (Lipinski definition) is 2. The first-order chi connectivity index (χ1) is 14.2. The summed E-state index contributed by atoms with van der Waals surface area (Å²) < 4.78 is 26.3. The largest absolute Gasteiger partial charge is 0.382 e. The highest BCUT2D eigenvalue weighted by atomic mass is 32.5. The third-order valence-electron chi connectivity index (χ3n) is 5.10. The zero-order chi connectivity index (χ0) is 22.8. The van der Waals surface area contributed by atoms with Crippen LogP contribution >= 0.6 is 6.72 Å². The summed E-state index contributed by atoms with van der Waals surface area (Å²) in [6.45, 7) is 8.56. The van der Waals surface area contributed by atoms with Crippen LogP contribution in [0, 0.1) is 5.41 Å². The van der Waals surface area contributed by atoms with E-state index in [9.17, 15) is 4.89 Å². The van der Waals surface area contributed by atoms with Crippen LogP contribution in [0.1, 0.15) is 54.2 Å². The molecule has 0 amide bonds. The summed E-state index contributed by atoms with van der Waals surface area (Å²) in [4.78, 5) is 23.5. The molecule has 0 aromatic carbocycles. The van der Waals surface area contributed by atoms with Crippen LogP contribution in [0.5, 0.6) is 0 Å². The maximum Gasteiger partial charge on any atom is 0.325 e. The van der Waals surface area contributed by atoms with Crippen molar-refractivity contribution in [2.75, 3.05) is 12.3 Å². The molecule has 12 heteroatoms. The predicted molar refractivity (Wildman–Crippen MR) is 119 cm³/mol. The van der Waals surface area contributed by atoms with E-state index in [-0.39, 0.29) is 11.2 Å². The van der Waals surface area contributed by atoms with Gasteiger partial charge in [0, 0.05) is 0 Å². The Morgan fingerprint density at radius 3 is 2.65 bits per heavy atom. The molecule has 3 N–H and O–H groups in total. The molecule has 4 rings (SSSR count). The van der Waals surface area contributed by atoms with Gasteiger partial charge in [0.2, 0.25) is 0 Å². The molecule has 0 radical (unpaired) electrons. The maximum absolute atomic E-state index is 10.8. The normalized spacial score (nSPS) is 30.7. The molecule has 2 saturated heterocycles. The number of anilines is 1. The lowest BCUT2D eigenvalue weighted by molar-refractivity contribution is -0.182. The van der Waals surface area contributed by atoms with Gasteiger partial charge in [0.25, 0.3) is 0 Å². The van der Waals surface area contributed by atoms with Gasteiger partial charge in [-0.3, -0.25) is 9.09 Å². The number of rotatable bonds is 5. The fourth-order valence-corrected chi connectivity index (χ4v) is 6.66. The molecule has 2 unspecified atom stereocenters. The van der Waals surface area contributed by atoms with E-state index in [1.165, 1.54) is 6.33 Å². The molecule has 0 aliphatic carbocycles. The van der Waals surface area contributed by atoms with Gasteiger partial charge in [-0.25, -0.2) is 15.0 Å². The summed E-state index contributed by atoms with van der Waals surface area (Å²) in [7, 11) is 0. The van der Waals surface area contributed by atoms with Crippen molar-refractivity contribution < 1.29 is 23.4 Å². The first-order valence-electron chi connectivity index (χ1n) is 10.1. The SMILES string of the molecule is CC(C)(C)C[C@@]12COC([C@H](n3cnc4c(N)ncnc43)O1)[C@H]2OP(O)(=S)OC(C)(C)C. The molecular weight excluding hydrogens is 441 g/mol. The third kappa shape index (κ3) is 4.50. The number of aromatic nitrogens is 4. The van der Waals surface area contributed by atoms with Crippen LogP contribution in [0.3, 0.4) is 0 Å². The summed E-state index contributed by atoms with van der Waals surface area (Å²) in [5.41, 5.74) is 5.40. The maximum atomic E-state index is 10.8. The van der Waals surface area contributed by atoms with Gasteiger partial charge in [-0.2, -0.15) is 0 Å². The van der Waals surface area contributed by atoms with Gasteiger partial charge in [0.05, 0.1) is 18.5 Å². The topological polar surface area (TPSA) is 127 Å². The fraction of sp³-hybridized carbons (Fsp3) is 0.737. The van der Waals surface area contributed by atoms with Crippen molar-refractivity contribution in [3.63, 3.8) is 0 Å². The Labute approximate surface area is 186 Å². The number of nitrogens with zero attached hydrogens (tertiary/aromatic N) is 4. The molecule has 2 aliphatic heterocycles. The van der Waals surface area contributed by atoms with Gasteiger partial charge in [-0.15, -0.1) is 0 Å². The second-order valence-corrected chi connectivity index (χ2v) is 13.1. The van der Waals surface area contributed by atoms with Crippen LogP contribution in [0.4, 0.5) is 5.82 Å². The molecule has 10 nitrogen and oxygen atoms in total. The summed E-state index contributed by atoms with van der Waals surface area (Å²) in [5, 5.41) is 0. The third-order valence-corrected chi connectivity index (χ3v) is 6.85. The molecule has 5 atom stereocenters. The molecule has 2 bridgehead atoms. The van der Waals surface area contributed by atoms with Crippen LogP contribution in [0.2, 0.25) is 0 Å². The number of nitrogens with two attached hydrogens (primary N) is 1. The molecule has 31 heavy (non-hydrogen) atoms. The van der Waals surface area contributed by atoms with Crippen molar-refractivity contribution in [3.05, 3.63) is 12.7 Å². The molecule has 2 aromatic heterocycles. The minimum Gasteiger partial charge on any atom is -0.382 e. The number of nitrogen functional groups attached to an aromatic ring is 1. The highest BCUT2D eigenvalue weighted by Crippen LogP contribution is 2.58. The summed E-state index contributed by atoms with van der Waals surface area (Å²) >= 11 is 5.34. The zero-order valence-corrected chi connectivity index (χ0v) is 20.3. The van der Waals surface area contributed by atoms with Crippen LogP contribution in [-0.4, -0.2) is 54.4 Å². The van der Waals surface area contributed by atoms with E-state index in [0.717, 1.165) is 0 Å². The van der Waals surface area contributed by atoms with E-state index in [1.54, 1.807) is 10.9 Å². The minimum atomic E-state index is -3.56. The molecular formula is C19H30N5O5PS. The highest BCUT2D eigenvalue weighted by Gasteiger charge is 2.65. The molecule has 0 spiro atoms. The molecule has 2 aliphatic rings. The van der Waals surface area contributed by atoms with Crippen molar-refractivity contribution in [3.8, 4) is 0 Å². The van der Waals surface area contributed by atoms with E-state index < -0.39 is 36.4 Å².